The molecule has 74 valence electrons. The van der Waals surface area contributed by atoms with Gasteiger partial charge in [0.1, 0.15) is 5.82 Å². The molecule has 1 atom stereocenters. The minimum Gasteiger partial charge on any atom is -0.389 e. The van der Waals surface area contributed by atoms with E-state index in [-0.39, 0.29) is 11.9 Å². The Labute approximate surface area is 82.9 Å². The van der Waals surface area contributed by atoms with E-state index in [4.69, 9.17) is 0 Å². The van der Waals surface area contributed by atoms with Crippen LogP contribution in [0, 0.1) is 5.82 Å². The molecule has 0 spiro atoms. The van der Waals surface area contributed by atoms with Crippen LogP contribution in [0.1, 0.15) is 24.8 Å². The smallest absolute Gasteiger partial charge is 0.123 e. The predicted molar refractivity (Wildman–Crippen MR) is 54.2 cm³/mol. The molecule has 0 radical (unpaired) electrons. The van der Waals surface area contributed by atoms with Gasteiger partial charge >= 0.3 is 0 Å². The fraction of sp³-hybridized carbons (Fsp3) is 0.333. The average Bonchev–Trinajstić information content (AvgIpc) is 2.18. The van der Waals surface area contributed by atoms with Crippen LogP contribution < -0.4 is 0 Å². The van der Waals surface area contributed by atoms with Crippen LogP contribution in [0.15, 0.2) is 30.3 Å². The molecule has 1 aromatic rings. The Balaban J connectivity index is 2.30. The first-order valence-corrected chi connectivity index (χ1v) is 4.90. The van der Waals surface area contributed by atoms with Crippen LogP contribution in [0.25, 0.3) is 5.57 Å². The topological polar surface area (TPSA) is 20.2 Å². The highest BCUT2D eigenvalue weighted by molar-refractivity contribution is 5.66. The lowest BCUT2D eigenvalue weighted by molar-refractivity contribution is 0.206. The third-order valence-corrected chi connectivity index (χ3v) is 2.53. The van der Waals surface area contributed by atoms with E-state index in [1.807, 2.05) is 12.1 Å². The highest BCUT2D eigenvalue weighted by Crippen LogP contribution is 2.26. The minimum atomic E-state index is -0.359. The summed E-state index contributed by atoms with van der Waals surface area (Å²) in [5.74, 6) is -0.219. The average molecular weight is 192 g/mol. The summed E-state index contributed by atoms with van der Waals surface area (Å²) < 4.78 is 12.9. The fourth-order valence-electron chi connectivity index (χ4n) is 1.83. The highest BCUT2D eigenvalue weighted by atomic mass is 19.1. The van der Waals surface area contributed by atoms with Crippen molar-refractivity contribution in [1.29, 1.82) is 0 Å². The Kier molecular flexibility index (Phi) is 2.64. The minimum absolute atomic E-state index is 0.219. The molecule has 0 aliphatic heterocycles. The Hall–Kier alpha value is -1.15. The molecule has 1 aromatic carbocycles. The predicted octanol–water partition coefficient (Wildman–Crippen LogP) is 2.75. The zero-order valence-corrected chi connectivity index (χ0v) is 7.91. The quantitative estimate of drug-likeness (QED) is 0.725. The summed E-state index contributed by atoms with van der Waals surface area (Å²) in [6, 6.07) is 6.53. The van der Waals surface area contributed by atoms with Gasteiger partial charge in [-0.15, -0.1) is 0 Å². The van der Waals surface area contributed by atoms with Crippen LogP contribution in [0.2, 0.25) is 0 Å². The van der Waals surface area contributed by atoms with Crippen LogP contribution in [0.4, 0.5) is 4.39 Å². The van der Waals surface area contributed by atoms with Gasteiger partial charge in [-0.2, -0.15) is 0 Å². The lowest BCUT2D eigenvalue weighted by Crippen LogP contribution is -2.08. The summed E-state index contributed by atoms with van der Waals surface area (Å²) in [6.07, 6.45) is 4.20. The summed E-state index contributed by atoms with van der Waals surface area (Å²) in [5, 5.41) is 9.44. The molecule has 0 bridgehead atoms. The number of hydrogen-bond acceptors (Lipinski definition) is 1. The first kappa shape index (κ1) is 9.41. The Morgan fingerprint density at radius 3 is 2.93 bits per heavy atom. The van der Waals surface area contributed by atoms with Gasteiger partial charge in [0, 0.05) is 0 Å². The third kappa shape index (κ3) is 2.02. The van der Waals surface area contributed by atoms with E-state index in [0.29, 0.717) is 0 Å². The molecule has 2 heteroatoms. The zero-order valence-electron chi connectivity index (χ0n) is 7.91. The second-order valence-corrected chi connectivity index (χ2v) is 3.66. The van der Waals surface area contributed by atoms with Crippen LogP contribution in [-0.4, -0.2) is 11.2 Å². The molecule has 2 rings (SSSR count). The number of hydrogen-bond donors (Lipinski definition) is 1. The van der Waals surface area contributed by atoms with E-state index in [0.717, 1.165) is 30.4 Å². The number of benzene rings is 1. The van der Waals surface area contributed by atoms with E-state index in [1.165, 1.54) is 12.1 Å². The Morgan fingerprint density at radius 1 is 1.36 bits per heavy atom. The van der Waals surface area contributed by atoms with Crippen LogP contribution in [0.5, 0.6) is 0 Å². The molecule has 0 aromatic heterocycles. The number of rotatable bonds is 1. The van der Waals surface area contributed by atoms with Crippen LogP contribution in [0.3, 0.4) is 0 Å². The lowest BCUT2D eigenvalue weighted by Gasteiger charge is -2.17. The van der Waals surface area contributed by atoms with Gasteiger partial charge in [-0.3, -0.25) is 0 Å². The molecule has 1 aliphatic rings. The first-order valence-electron chi connectivity index (χ1n) is 4.90. The van der Waals surface area contributed by atoms with Crippen molar-refractivity contribution in [2.75, 3.05) is 0 Å². The lowest BCUT2D eigenvalue weighted by atomic mass is 9.92. The van der Waals surface area contributed by atoms with Crippen molar-refractivity contribution < 1.29 is 9.50 Å². The molecule has 0 fully saturated rings. The van der Waals surface area contributed by atoms with E-state index in [1.54, 1.807) is 6.07 Å². The third-order valence-electron chi connectivity index (χ3n) is 2.53. The largest absolute Gasteiger partial charge is 0.389 e. The van der Waals surface area contributed by atoms with Crippen molar-refractivity contribution in [3.05, 3.63) is 41.7 Å². The van der Waals surface area contributed by atoms with E-state index < -0.39 is 0 Å². The van der Waals surface area contributed by atoms with Gasteiger partial charge in [0.05, 0.1) is 6.10 Å². The summed E-state index contributed by atoms with van der Waals surface area (Å²) in [4.78, 5) is 0. The second-order valence-electron chi connectivity index (χ2n) is 3.66. The maximum absolute atomic E-state index is 12.9. The molecule has 1 nitrogen and oxygen atoms in total. The molecule has 1 N–H and O–H groups in total. The standard InChI is InChI=1S/C12H13FO/c13-11-5-1-3-9(7-11)10-4-2-6-12(14)8-10/h1,3,5,7-8,12,14H,2,4,6H2. The van der Waals surface area contributed by atoms with Crippen molar-refractivity contribution >= 4 is 5.57 Å². The number of halogens is 1. The molecule has 1 unspecified atom stereocenters. The van der Waals surface area contributed by atoms with Crippen molar-refractivity contribution in [3.63, 3.8) is 0 Å². The van der Waals surface area contributed by atoms with Gasteiger partial charge in [0.15, 0.2) is 0 Å². The molecule has 0 amide bonds. The van der Waals surface area contributed by atoms with Crippen molar-refractivity contribution in [2.45, 2.75) is 25.4 Å². The summed E-state index contributed by atoms with van der Waals surface area (Å²) in [6.45, 7) is 0. The highest BCUT2D eigenvalue weighted by Gasteiger charge is 2.12. The molecular formula is C12H13FO. The van der Waals surface area contributed by atoms with Gasteiger partial charge in [0.2, 0.25) is 0 Å². The molecule has 0 heterocycles. The van der Waals surface area contributed by atoms with E-state index in [2.05, 4.69) is 0 Å². The maximum atomic E-state index is 12.9. The summed E-state index contributed by atoms with van der Waals surface area (Å²) in [5.41, 5.74) is 1.95. The van der Waals surface area contributed by atoms with Crippen molar-refractivity contribution in [3.8, 4) is 0 Å². The fourth-order valence-corrected chi connectivity index (χ4v) is 1.83. The van der Waals surface area contributed by atoms with Crippen LogP contribution in [-0.2, 0) is 0 Å². The molecule has 0 saturated carbocycles. The Bertz CT molecular complexity index is 357. The monoisotopic (exact) mass is 192 g/mol. The second kappa shape index (κ2) is 3.93. The maximum Gasteiger partial charge on any atom is 0.123 e. The molecular weight excluding hydrogens is 179 g/mol. The normalized spacial score (nSPS) is 21.9. The van der Waals surface area contributed by atoms with Gasteiger partial charge < -0.3 is 5.11 Å². The van der Waals surface area contributed by atoms with Crippen molar-refractivity contribution in [1.82, 2.24) is 0 Å². The SMILES string of the molecule is OC1C=C(c2cccc(F)c2)CCC1. The summed E-state index contributed by atoms with van der Waals surface area (Å²) in [7, 11) is 0. The number of aliphatic hydroxyl groups excluding tert-OH is 1. The van der Waals surface area contributed by atoms with Crippen LogP contribution >= 0.6 is 0 Å². The van der Waals surface area contributed by atoms with E-state index >= 15 is 0 Å². The van der Waals surface area contributed by atoms with Crippen molar-refractivity contribution in [2.24, 2.45) is 0 Å². The van der Waals surface area contributed by atoms with Gasteiger partial charge in [-0.05, 0) is 42.5 Å². The Morgan fingerprint density at radius 2 is 2.21 bits per heavy atom. The van der Waals surface area contributed by atoms with Gasteiger partial charge in [-0.1, -0.05) is 18.2 Å². The number of aliphatic hydroxyl groups is 1. The molecule has 14 heavy (non-hydrogen) atoms. The first-order chi connectivity index (χ1) is 6.75. The van der Waals surface area contributed by atoms with Gasteiger partial charge in [-0.25, -0.2) is 4.39 Å². The summed E-state index contributed by atoms with van der Waals surface area (Å²) >= 11 is 0. The molecule has 0 saturated heterocycles. The van der Waals surface area contributed by atoms with E-state index in [9.17, 15) is 9.50 Å². The molecule has 1 aliphatic carbocycles. The number of allylic oxidation sites excluding steroid dienone is 1. The van der Waals surface area contributed by atoms with Gasteiger partial charge in [0.25, 0.3) is 0 Å². The zero-order chi connectivity index (χ0) is 9.97.